The summed E-state index contributed by atoms with van der Waals surface area (Å²) in [7, 11) is 0. The fourth-order valence-corrected chi connectivity index (χ4v) is 2.76. The van der Waals surface area contributed by atoms with Crippen LogP contribution >= 0.6 is 11.3 Å². The molecule has 1 unspecified atom stereocenters. The number of nitrogens with one attached hydrogen (secondary N) is 1. The van der Waals surface area contributed by atoms with E-state index in [1.54, 1.807) is 11.3 Å². The molecule has 1 aromatic heterocycles. The summed E-state index contributed by atoms with van der Waals surface area (Å²) in [6.07, 6.45) is 2.41. The van der Waals surface area contributed by atoms with E-state index in [0.29, 0.717) is 6.04 Å². The first kappa shape index (κ1) is 11.0. The highest BCUT2D eigenvalue weighted by Gasteiger charge is 2.14. The molecule has 0 saturated carbocycles. The monoisotopic (exact) mass is 226 g/mol. The molecule has 1 aliphatic rings. The van der Waals surface area contributed by atoms with Crippen LogP contribution in [0.1, 0.15) is 28.4 Å². The molecular weight excluding hydrogens is 208 g/mol. The minimum atomic E-state index is 0.528. The summed E-state index contributed by atoms with van der Waals surface area (Å²) in [4.78, 5) is 5.78. The highest BCUT2D eigenvalue weighted by Crippen LogP contribution is 2.17. The van der Waals surface area contributed by atoms with Crippen molar-refractivity contribution >= 4 is 11.3 Å². The lowest BCUT2D eigenvalue weighted by molar-refractivity contribution is 0.0700. The van der Waals surface area contributed by atoms with Crippen LogP contribution < -0.4 is 5.32 Å². The molecular formula is C11H18N2OS. The number of hydrogen-bond acceptors (Lipinski definition) is 4. The second-order valence-electron chi connectivity index (χ2n) is 4.04. The first-order valence-corrected chi connectivity index (χ1v) is 6.31. The number of nitrogens with zero attached hydrogens (tertiary/aromatic N) is 1. The fraction of sp³-hybridized carbons (Fsp3) is 0.727. The van der Waals surface area contributed by atoms with Crippen molar-refractivity contribution in [1.29, 1.82) is 0 Å². The van der Waals surface area contributed by atoms with E-state index in [1.807, 2.05) is 0 Å². The third kappa shape index (κ3) is 3.00. The van der Waals surface area contributed by atoms with Crippen molar-refractivity contribution in [2.75, 3.05) is 13.2 Å². The molecule has 15 heavy (non-hydrogen) atoms. The van der Waals surface area contributed by atoms with Crippen LogP contribution in [0.5, 0.6) is 0 Å². The van der Waals surface area contributed by atoms with E-state index in [0.717, 1.165) is 24.8 Å². The van der Waals surface area contributed by atoms with Gasteiger partial charge in [-0.2, -0.15) is 0 Å². The molecule has 0 aromatic carbocycles. The van der Waals surface area contributed by atoms with Gasteiger partial charge in [0.25, 0.3) is 0 Å². The van der Waals surface area contributed by atoms with Gasteiger partial charge in [-0.25, -0.2) is 4.98 Å². The average Bonchev–Trinajstić information content (AvgIpc) is 2.56. The Morgan fingerprint density at radius 3 is 3.00 bits per heavy atom. The first-order chi connectivity index (χ1) is 7.25. The van der Waals surface area contributed by atoms with Gasteiger partial charge in [-0.05, 0) is 26.7 Å². The van der Waals surface area contributed by atoms with Crippen molar-refractivity contribution in [3.05, 3.63) is 15.6 Å². The number of thiazole rings is 1. The van der Waals surface area contributed by atoms with E-state index in [2.05, 4.69) is 24.1 Å². The number of hydrogen-bond donors (Lipinski definition) is 1. The molecule has 1 aliphatic heterocycles. The number of ether oxygens (including phenoxy) is 1. The second-order valence-corrected chi connectivity index (χ2v) is 5.32. The summed E-state index contributed by atoms with van der Waals surface area (Å²) in [6, 6.07) is 0.528. The van der Waals surface area contributed by atoms with Gasteiger partial charge in [-0.3, -0.25) is 0 Å². The van der Waals surface area contributed by atoms with Gasteiger partial charge < -0.3 is 10.1 Å². The van der Waals surface area contributed by atoms with Crippen molar-refractivity contribution in [3.63, 3.8) is 0 Å². The van der Waals surface area contributed by atoms with E-state index in [9.17, 15) is 0 Å². The largest absolute Gasteiger partial charge is 0.380 e. The Kier molecular flexibility index (Phi) is 3.72. The van der Waals surface area contributed by atoms with Gasteiger partial charge in [0.1, 0.15) is 0 Å². The van der Waals surface area contributed by atoms with Crippen LogP contribution in [0.3, 0.4) is 0 Å². The van der Waals surface area contributed by atoms with Crippen LogP contribution in [0, 0.1) is 13.8 Å². The van der Waals surface area contributed by atoms with Crippen LogP contribution in [-0.4, -0.2) is 24.2 Å². The van der Waals surface area contributed by atoms with E-state index < -0.39 is 0 Å². The average molecular weight is 226 g/mol. The lowest BCUT2D eigenvalue weighted by Crippen LogP contribution is -2.36. The van der Waals surface area contributed by atoms with Crippen molar-refractivity contribution in [2.45, 2.75) is 39.3 Å². The van der Waals surface area contributed by atoms with Crippen LogP contribution in [0.2, 0.25) is 0 Å². The van der Waals surface area contributed by atoms with E-state index in [4.69, 9.17) is 4.74 Å². The Balaban J connectivity index is 1.84. The topological polar surface area (TPSA) is 34.2 Å². The molecule has 3 nitrogen and oxygen atoms in total. The molecule has 1 fully saturated rings. The third-order valence-electron chi connectivity index (χ3n) is 2.71. The molecule has 1 atom stereocenters. The van der Waals surface area contributed by atoms with Crippen molar-refractivity contribution < 1.29 is 4.74 Å². The van der Waals surface area contributed by atoms with Gasteiger partial charge in [-0.15, -0.1) is 11.3 Å². The molecule has 84 valence electrons. The van der Waals surface area contributed by atoms with E-state index in [1.165, 1.54) is 23.4 Å². The zero-order chi connectivity index (χ0) is 10.7. The van der Waals surface area contributed by atoms with Gasteiger partial charge >= 0.3 is 0 Å². The third-order valence-corrected chi connectivity index (χ3v) is 3.78. The molecule has 0 amide bonds. The second kappa shape index (κ2) is 5.05. The van der Waals surface area contributed by atoms with Crippen LogP contribution in [0.25, 0.3) is 0 Å². The number of aromatic nitrogens is 1. The van der Waals surface area contributed by atoms with Gasteiger partial charge in [0.2, 0.25) is 0 Å². The molecule has 1 aromatic rings. The van der Waals surface area contributed by atoms with E-state index in [-0.39, 0.29) is 0 Å². The highest BCUT2D eigenvalue weighted by atomic mass is 32.1. The smallest absolute Gasteiger partial charge is 0.0900 e. The van der Waals surface area contributed by atoms with Crippen molar-refractivity contribution in [3.8, 4) is 0 Å². The maximum Gasteiger partial charge on any atom is 0.0900 e. The van der Waals surface area contributed by atoms with Crippen molar-refractivity contribution in [2.24, 2.45) is 0 Å². The Hall–Kier alpha value is -0.450. The Bertz CT molecular complexity index is 318. The predicted octanol–water partition coefficient (Wildman–Crippen LogP) is 2.03. The fourth-order valence-electron chi connectivity index (χ4n) is 1.88. The summed E-state index contributed by atoms with van der Waals surface area (Å²) >= 11 is 1.79. The number of rotatable bonds is 3. The maximum absolute atomic E-state index is 5.43. The molecule has 1 N–H and O–H groups in total. The lowest BCUT2D eigenvalue weighted by atomic mass is 10.1. The minimum Gasteiger partial charge on any atom is -0.380 e. The Morgan fingerprint density at radius 1 is 1.53 bits per heavy atom. The summed E-state index contributed by atoms with van der Waals surface area (Å²) in [5, 5.41) is 4.69. The SMILES string of the molecule is Cc1nc(C)c(CNC2CCCOC2)s1. The molecule has 2 heterocycles. The quantitative estimate of drug-likeness (QED) is 0.856. The summed E-state index contributed by atoms with van der Waals surface area (Å²) in [6.45, 7) is 6.86. The zero-order valence-electron chi connectivity index (χ0n) is 9.38. The summed E-state index contributed by atoms with van der Waals surface area (Å²) < 4.78 is 5.43. The summed E-state index contributed by atoms with van der Waals surface area (Å²) in [5.74, 6) is 0. The maximum atomic E-state index is 5.43. The minimum absolute atomic E-state index is 0.528. The number of aryl methyl sites for hydroxylation is 2. The molecule has 2 rings (SSSR count). The van der Waals surface area contributed by atoms with Crippen LogP contribution in [0.4, 0.5) is 0 Å². The molecule has 0 bridgehead atoms. The lowest BCUT2D eigenvalue weighted by Gasteiger charge is -2.22. The summed E-state index contributed by atoms with van der Waals surface area (Å²) in [5.41, 5.74) is 1.17. The normalized spacial score (nSPS) is 21.9. The first-order valence-electron chi connectivity index (χ1n) is 5.50. The molecule has 1 saturated heterocycles. The molecule has 0 aliphatic carbocycles. The van der Waals surface area contributed by atoms with Crippen LogP contribution in [0.15, 0.2) is 0 Å². The van der Waals surface area contributed by atoms with Gasteiger partial charge in [0.05, 0.1) is 17.3 Å². The van der Waals surface area contributed by atoms with E-state index >= 15 is 0 Å². The van der Waals surface area contributed by atoms with Crippen molar-refractivity contribution in [1.82, 2.24) is 10.3 Å². The molecule has 4 heteroatoms. The standard InChI is InChI=1S/C11H18N2OS/c1-8-11(15-9(2)13-8)6-12-10-4-3-5-14-7-10/h10,12H,3-7H2,1-2H3. The van der Waals surface area contributed by atoms with Gasteiger partial charge in [0.15, 0.2) is 0 Å². The highest BCUT2D eigenvalue weighted by molar-refractivity contribution is 7.11. The predicted molar refractivity (Wildman–Crippen MR) is 62.3 cm³/mol. The zero-order valence-corrected chi connectivity index (χ0v) is 10.2. The van der Waals surface area contributed by atoms with Gasteiger partial charge in [-0.1, -0.05) is 0 Å². The Morgan fingerprint density at radius 2 is 2.40 bits per heavy atom. The van der Waals surface area contributed by atoms with Gasteiger partial charge in [0, 0.05) is 24.1 Å². The van der Waals surface area contributed by atoms with Crippen LogP contribution in [-0.2, 0) is 11.3 Å². The molecule has 0 spiro atoms. The Labute approximate surface area is 94.9 Å². The molecule has 0 radical (unpaired) electrons.